The first-order chi connectivity index (χ1) is 11.4. The summed E-state index contributed by atoms with van der Waals surface area (Å²) in [5, 5.41) is 13.7. The third-order valence-electron chi connectivity index (χ3n) is 4.42. The zero-order valence-corrected chi connectivity index (χ0v) is 13.3. The number of benzene rings is 2. The van der Waals surface area contributed by atoms with Gasteiger partial charge in [0.05, 0.1) is 10.3 Å². The minimum Gasteiger partial charge on any atom is -0.325 e. The number of rotatable bonds is 4. The molecule has 0 heterocycles. The smallest absolute Gasteiger partial charge is 0.289 e. The van der Waals surface area contributed by atoms with Gasteiger partial charge in [-0.3, -0.25) is 14.9 Å². The number of nitro groups is 1. The van der Waals surface area contributed by atoms with Crippen molar-refractivity contribution in [2.24, 2.45) is 0 Å². The van der Waals surface area contributed by atoms with Crippen molar-refractivity contribution >= 4 is 28.9 Å². The van der Waals surface area contributed by atoms with Gasteiger partial charge in [0.1, 0.15) is 10.8 Å². The van der Waals surface area contributed by atoms with Crippen LogP contribution in [0.2, 0.25) is 5.02 Å². The van der Waals surface area contributed by atoms with E-state index in [4.69, 9.17) is 11.6 Å². The number of carbonyl (C=O) groups is 1. The lowest BCUT2D eigenvalue weighted by Gasteiger charge is -2.40. The molecule has 0 aromatic heterocycles. The Morgan fingerprint density at radius 2 is 2.00 bits per heavy atom. The summed E-state index contributed by atoms with van der Waals surface area (Å²) in [5.74, 6) is -0.690. The first-order valence-corrected chi connectivity index (χ1v) is 7.82. The van der Waals surface area contributed by atoms with Gasteiger partial charge in [-0.15, -0.1) is 0 Å². The number of nitro benzene ring substituents is 1. The Labute approximate surface area is 142 Å². The topological polar surface area (TPSA) is 72.2 Å². The van der Waals surface area contributed by atoms with Crippen molar-refractivity contribution in [3.8, 4) is 0 Å². The van der Waals surface area contributed by atoms with Crippen molar-refractivity contribution in [2.45, 2.75) is 24.7 Å². The molecule has 1 aliphatic rings. The molecule has 3 rings (SSSR count). The summed E-state index contributed by atoms with van der Waals surface area (Å²) in [6.45, 7) is 0. The highest BCUT2D eigenvalue weighted by molar-refractivity contribution is 6.32. The fourth-order valence-corrected chi connectivity index (χ4v) is 3.13. The van der Waals surface area contributed by atoms with Crippen molar-refractivity contribution in [3.05, 3.63) is 69.0 Å². The lowest BCUT2D eigenvalue weighted by atomic mass is 9.63. The van der Waals surface area contributed by atoms with Crippen LogP contribution in [0.5, 0.6) is 0 Å². The predicted molar refractivity (Wildman–Crippen MR) is 88.7 cm³/mol. The summed E-state index contributed by atoms with van der Waals surface area (Å²) in [6, 6.07) is 10.1. The maximum atomic E-state index is 13.5. The molecule has 2 aromatic carbocycles. The molecule has 1 N–H and O–H groups in total. The van der Waals surface area contributed by atoms with Crippen LogP contribution >= 0.6 is 11.6 Å². The number of hydrogen-bond donors (Lipinski definition) is 1. The second kappa shape index (κ2) is 6.20. The van der Waals surface area contributed by atoms with Crippen molar-refractivity contribution in [3.63, 3.8) is 0 Å². The second-order valence-corrected chi connectivity index (χ2v) is 6.23. The lowest BCUT2D eigenvalue weighted by Crippen LogP contribution is -2.46. The molecule has 0 unspecified atom stereocenters. The second-order valence-electron chi connectivity index (χ2n) is 5.82. The molecule has 0 atom stereocenters. The van der Waals surface area contributed by atoms with E-state index in [-0.39, 0.29) is 16.6 Å². The Morgan fingerprint density at radius 3 is 2.58 bits per heavy atom. The number of nitrogens with zero attached hydrogens (tertiary/aromatic N) is 1. The number of amides is 1. The van der Waals surface area contributed by atoms with Gasteiger partial charge in [-0.1, -0.05) is 30.2 Å². The molecule has 24 heavy (non-hydrogen) atoms. The van der Waals surface area contributed by atoms with E-state index < -0.39 is 16.2 Å². The van der Waals surface area contributed by atoms with Gasteiger partial charge < -0.3 is 5.32 Å². The van der Waals surface area contributed by atoms with E-state index in [0.29, 0.717) is 24.1 Å². The maximum Gasteiger partial charge on any atom is 0.289 e. The van der Waals surface area contributed by atoms with E-state index in [1.807, 2.05) is 0 Å². The number of nitrogens with one attached hydrogen (secondary N) is 1. The fraction of sp³-hybridized carbons (Fsp3) is 0.235. The molecule has 0 aliphatic heterocycles. The van der Waals surface area contributed by atoms with Gasteiger partial charge >= 0.3 is 0 Å². The monoisotopic (exact) mass is 348 g/mol. The summed E-state index contributed by atoms with van der Waals surface area (Å²) in [6.07, 6.45) is 2.08. The minimum atomic E-state index is -0.795. The van der Waals surface area contributed by atoms with Crippen molar-refractivity contribution in [1.29, 1.82) is 0 Å². The molecule has 1 saturated carbocycles. The number of hydrogen-bond acceptors (Lipinski definition) is 3. The molecule has 7 heteroatoms. The molecular weight excluding hydrogens is 335 g/mol. The van der Waals surface area contributed by atoms with Crippen LogP contribution in [-0.2, 0) is 10.2 Å². The summed E-state index contributed by atoms with van der Waals surface area (Å²) in [4.78, 5) is 23.1. The van der Waals surface area contributed by atoms with E-state index in [9.17, 15) is 19.3 Å². The standard InChI is InChI=1S/C17H14ClFN2O3/c18-14-6-5-13(10-15(14)21(23)24)20-16(22)17(7-2-8-17)11-3-1-4-12(19)9-11/h1,3-6,9-10H,2,7-8H2,(H,20,22). The SMILES string of the molecule is O=C(Nc1ccc(Cl)c([N+](=O)[O-])c1)C1(c2cccc(F)c2)CCC1. The maximum absolute atomic E-state index is 13.5. The minimum absolute atomic E-state index is 0.00138. The Balaban J connectivity index is 1.88. The van der Waals surface area contributed by atoms with E-state index >= 15 is 0 Å². The Bertz CT molecular complexity index is 821. The molecular formula is C17H14ClFN2O3. The van der Waals surface area contributed by atoms with Crippen LogP contribution < -0.4 is 5.32 Å². The quantitative estimate of drug-likeness (QED) is 0.655. The van der Waals surface area contributed by atoms with Gasteiger partial charge in [0.15, 0.2) is 0 Å². The van der Waals surface area contributed by atoms with Gasteiger partial charge in [0.2, 0.25) is 5.91 Å². The van der Waals surface area contributed by atoms with Crippen LogP contribution in [0.25, 0.3) is 0 Å². The van der Waals surface area contributed by atoms with Crippen LogP contribution in [0.4, 0.5) is 15.8 Å². The van der Waals surface area contributed by atoms with Gasteiger partial charge in [-0.05, 0) is 42.7 Å². The molecule has 1 amide bonds. The van der Waals surface area contributed by atoms with Gasteiger partial charge in [0.25, 0.3) is 5.69 Å². The first-order valence-electron chi connectivity index (χ1n) is 7.44. The highest BCUT2D eigenvalue weighted by Crippen LogP contribution is 2.45. The fourth-order valence-electron chi connectivity index (χ4n) is 2.94. The Kier molecular flexibility index (Phi) is 4.24. The van der Waals surface area contributed by atoms with Crippen molar-refractivity contribution < 1.29 is 14.1 Å². The molecule has 0 radical (unpaired) electrons. The zero-order valence-electron chi connectivity index (χ0n) is 12.6. The molecule has 2 aromatic rings. The first kappa shape index (κ1) is 16.4. The third-order valence-corrected chi connectivity index (χ3v) is 4.74. The Hall–Kier alpha value is -2.47. The molecule has 124 valence electrons. The van der Waals surface area contributed by atoms with Gasteiger partial charge in [-0.25, -0.2) is 4.39 Å². The van der Waals surface area contributed by atoms with Crippen molar-refractivity contribution in [2.75, 3.05) is 5.32 Å². The van der Waals surface area contributed by atoms with Gasteiger partial charge in [0, 0.05) is 11.8 Å². The Morgan fingerprint density at radius 1 is 1.25 bits per heavy atom. The van der Waals surface area contributed by atoms with Crippen molar-refractivity contribution in [1.82, 2.24) is 0 Å². The normalized spacial score (nSPS) is 15.4. The highest BCUT2D eigenvalue weighted by Gasteiger charge is 2.45. The van der Waals surface area contributed by atoms with Crippen LogP contribution in [0.1, 0.15) is 24.8 Å². The summed E-state index contributed by atoms with van der Waals surface area (Å²) < 4.78 is 13.5. The van der Waals surface area contributed by atoms with Crippen LogP contribution in [0, 0.1) is 15.9 Å². The molecule has 0 saturated heterocycles. The summed E-state index contributed by atoms with van der Waals surface area (Å²) in [7, 11) is 0. The zero-order chi connectivity index (χ0) is 17.3. The predicted octanol–water partition coefficient (Wildman–Crippen LogP) is 4.45. The number of anilines is 1. The summed E-state index contributed by atoms with van der Waals surface area (Å²) in [5.41, 5.74) is -0.160. The largest absolute Gasteiger partial charge is 0.325 e. The van der Waals surface area contributed by atoms with Crippen LogP contribution in [0.15, 0.2) is 42.5 Å². The number of carbonyl (C=O) groups excluding carboxylic acids is 1. The molecule has 1 fully saturated rings. The van der Waals surface area contributed by atoms with Crippen LogP contribution in [0.3, 0.4) is 0 Å². The average molecular weight is 349 g/mol. The van der Waals surface area contributed by atoms with E-state index in [2.05, 4.69) is 5.32 Å². The average Bonchev–Trinajstić information content (AvgIpc) is 2.48. The highest BCUT2D eigenvalue weighted by atomic mass is 35.5. The molecule has 0 bridgehead atoms. The number of halogens is 2. The molecule has 1 aliphatic carbocycles. The summed E-state index contributed by atoms with van der Waals surface area (Å²) >= 11 is 5.77. The van der Waals surface area contributed by atoms with E-state index in [1.165, 1.54) is 30.3 Å². The van der Waals surface area contributed by atoms with Gasteiger partial charge in [-0.2, -0.15) is 0 Å². The third kappa shape index (κ3) is 2.85. The molecule has 0 spiro atoms. The van der Waals surface area contributed by atoms with E-state index in [1.54, 1.807) is 12.1 Å². The van der Waals surface area contributed by atoms with Crippen LogP contribution in [-0.4, -0.2) is 10.8 Å². The lowest BCUT2D eigenvalue weighted by molar-refractivity contribution is -0.384. The molecule has 5 nitrogen and oxygen atoms in total. The van der Waals surface area contributed by atoms with E-state index in [0.717, 1.165) is 6.42 Å².